The average molecular weight is 1290 g/mol. The third-order valence-corrected chi connectivity index (χ3v) is 16.6. The van der Waals surface area contributed by atoms with E-state index in [-0.39, 0.29) is 69.1 Å². The summed E-state index contributed by atoms with van der Waals surface area (Å²) in [6.07, 6.45) is 27.8. The highest BCUT2D eigenvalue weighted by molar-refractivity contribution is 7.99. The van der Waals surface area contributed by atoms with Crippen molar-refractivity contribution in [1.82, 2.24) is 31.9 Å². The fraction of sp³-hybridized carbons (Fsp3) is 0.859. The fourth-order valence-corrected chi connectivity index (χ4v) is 10.8. The number of hydrogen-bond acceptors (Lipinski definition) is 18. The maximum absolute atomic E-state index is 14.1. The zero-order valence-corrected chi connectivity index (χ0v) is 55.6. The van der Waals surface area contributed by atoms with Gasteiger partial charge in [-0.3, -0.25) is 38.4 Å². The quantitative estimate of drug-likeness (QED) is 0.0267. The number of thioether (sulfide) groups is 1. The Morgan fingerprint density at radius 1 is 0.416 bits per heavy atom. The van der Waals surface area contributed by atoms with Crippen molar-refractivity contribution < 1.29 is 62.8 Å². The summed E-state index contributed by atoms with van der Waals surface area (Å²) in [5.41, 5.74) is 29.1. The lowest BCUT2D eigenvalue weighted by Crippen LogP contribution is -2.59. The van der Waals surface area contributed by atoms with Gasteiger partial charge in [0.25, 0.3) is 0 Å². The van der Waals surface area contributed by atoms with Gasteiger partial charge in [0.1, 0.15) is 42.9 Å². The average Bonchev–Trinajstić information content (AvgIpc) is 3.41. The van der Waals surface area contributed by atoms with E-state index in [0.29, 0.717) is 96.8 Å². The van der Waals surface area contributed by atoms with Crippen molar-refractivity contribution in [2.75, 3.05) is 57.4 Å². The molecule has 0 bridgehead atoms. The Morgan fingerprint density at radius 2 is 0.787 bits per heavy atom. The van der Waals surface area contributed by atoms with Crippen LogP contribution < -0.4 is 60.6 Å². The summed E-state index contributed by atoms with van der Waals surface area (Å²) in [5, 5.41) is 36.1. The third kappa shape index (κ3) is 47.0. The van der Waals surface area contributed by atoms with Gasteiger partial charge in [-0.15, -0.1) is 0 Å². The molecule has 6 amide bonds. The molecule has 0 unspecified atom stereocenters. The Labute approximate surface area is 537 Å². The predicted octanol–water partition coefficient (Wildman–Crippen LogP) is 5.43. The highest BCUT2D eigenvalue weighted by atomic mass is 32.2. The number of nitrogens with two attached hydrogens (primary N) is 5. The Kier molecular flexibility index (Phi) is 55.4. The second-order valence-corrected chi connectivity index (χ2v) is 24.6. The van der Waals surface area contributed by atoms with Crippen LogP contribution in [0.25, 0.3) is 0 Å². The number of unbranched alkanes of at least 4 members (excludes halogenated alkanes) is 23. The number of amides is 6. The van der Waals surface area contributed by atoms with Crippen LogP contribution in [0.2, 0.25) is 0 Å². The SMILES string of the molecule is CCCCCCCCCCCCCCCC(=O)O[C@H](COC(=O)CCCCCCCCCNC(=O)CCCC)CSC[C@H](N)C(=O)N[C@@H](CO)C(=O)N[C@@H](CCCCN)C(=O)N[C@@H](CCCCN)C(=O)N[C@@H](CCCCN)C(=O)N[C@@H](CCCCN)C(=O)O. The number of esters is 2. The van der Waals surface area contributed by atoms with E-state index in [1.807, 2.05) is 0 Å². The van der Waals surface area contributed by atoms with Crippen LogP contribution in [-0.2, 0) is 52.6 Å². The Bertz CT molecular complexity index is 1900. The molecule has 0 aromatic heterocycles. The molecule has 25 heteroatoms. The van der Waals surface area contributed by atoms with Crippen molar-refractivity contribution in [2.45, 2.75) is 294 Å². The smallest absolute Gasteiger partial charge is 0.326 e. The van der Waals surface area contributed by atoms with Gasteiger partial charge in [-0.1, -0.05) is 129 Å². The van der Waals surface area contributed by atoms with E-state index in [1.165, 1.54) is 69.5 Å². The van der Waals surface area contributed by atoms with Gasteiger partial charge in [-0.25, -0.2) is 4.79 Å². The minimum absolute atomic E-state index is 0.0117. The molecule has 89 heavy (non-hydrogen) atoms. The summed E-state index contributed by atoms with van der Waals surface area (Å²) in [5.74, 6) is -5.76. The predicted molar refractivity (Wildman–Crippen MR) is 352 cm³/mol. The lowest BCUT2D eigenvalue weighted by Gasteiger charge is -2.27. The van der Waals surface area contributed by atoms with Gasteiger partial charge in [0.05, 0.1) is 12.6 Å². The number of carbonyl (C=O) groups is 9. The van der Waals surface area contributed by atoms with Crippen molar-refractivity contribution in [2.24, 2.45) is 28.7 Å². The second-order valence-electron chi connectivity index (χ2n) is 23.6. The molecule has 518 valence electrons. The number of aliphatic hydroxyl groups is 1. The summed E-state index contributed by atoms with van der Waals surface area (Å²) in [4.78, 5) is 119. The van der Waals surface area contributed by atoms with Gasteiger partial charge in [0.15, 0.2) is 0 Å². The number of nitrogens with one attached hydrogen (secondary N) is 6. The van der Waals surface area contributed by atoms with E-state index in [0.717, 1.165) is 70.6 Å². The summed E-state index contributed by atoms with van der Waals surface area (Å²) in [6, 6.07) is -7.67. The molecule has 7 atom stereocenters. The molecule has 0 saturated carbocycles. The summed E-state index contributed by atoms with van der Waals surface area (Å²) in [7, 11) is 0. The molecule has 18 N–H and O–H groups in total. The first kappa shape index (κ1) is 84.3. The monoisotopic (exact) mass is 1290 g/mol. The topological polar surface area (TPSA) is 415 Å². The molecule has 0 rings (SSSR count). The van der Waals surface area contributed by atoms with Crippen LogP contribution in [0.15, 0.2) is 0 Å². The number of carboxylic acids is 1. The lowest BCUT2D eigenvalue weighted by molar-refractivity contribution is -0.157. The van der Waals surface area contributed by atoms with Crippen molar-refractivity contribution in [1.29, 1.82) is 0 Å². The van der Waals surface area contributed by atoms with E-state index < -0.39 is 96.4 Å². The Morgan fingerprint density at radius 3 is 1.20 bits per heavy atom. The molecule has 24 nitrogen and oxygen atoms in total. The van der Waals surface area contributed by atoms with E-state index >= 15 is 0 Å². The van der Waals surface area contributed by atoms with Crippen LogP contribution >= 0.6 is 11.8 Å². The highest BCUT2D eigenvalue weighted by Gasteiger charge is 2.33. The maximum Gasteiger partial charge on any atom is 0.326 e. The lowest BCUT2D eigenvalue weighted by atomic mass is 10.0. The first-order valence-corrected chi connectivity index (χ1v) is 35.3. The van der Waals surface area contributed by atoms with E-state index in [9.17, 15) is 53.4 Å². The molecular weight excluding hydrogens is 1160 g/mol. The summed E-state index contributed by atoms with van der Waals surface area (Å²) >= 11 is 1.18. The molecule has 0 spiro atoms. The molecule has 0 aliphatic rings. The van der Waals surface area contributed by atoms with Gasteiger partial charge in [-0.05, 0) is 129 Å². The van der Waals surface area contributed by atoms with Crippen molar-refractivity contribution in [3.05, 3.63) is 0 Å². The van der Waals surface area contributed by atoms with Crippen LogP contribution in [0.1, 0.15) is 251 Å². The zero-order valence-electron chi connectivity index (χ0n) is 54.7. The molecule has 0 aliphatic carbocycles. The van der Waals surface area contributed by atoms with Crippen LogP contribution in [0.5, 0.6) is 0 Å². The van der Waals surface area contributed by atoms with Crippen LogP contribution in [0.3, 0.4) is 0 Å². The first-order valence-electron chi connectivity index (χ1n) is 34.1. The number of carboxylic acid groups (broad SMARTS) is 1. The molecule has 0 saturated heterocycles. The van der Waals surface area contributed by atoms with E-state index in [2.05, 4.69) is 45.7 Å². The molecule has 0 aliphatic heterocycles. The van der Waals surface area contributed by atoms with Crippen LogP contribution in [0, 0.1) is 0 Å². The highest BCUT2D eigenvalue weighted by Crippen LogP contribution is 2.17. The molecule has 0 fully saturated rings. The minimum atomic E-state index is -1.55. The molecule has 0 aromatic carbocycles. The standard InChI is InChI=1S/C64H123N11O13S/c1-3-5-7-8-9-10-11-12-13-14-16-20-23-39-58(79)88-49(46-87-57(78)38-22-19-17-15-18-21-32-44-70-56(77)37-6-4-2)47-89-48-50(69)59(80)75-55(45-76)63(84)73-52(34-25-29-41-66)61(82)71-51(33-24-28-40-65)60(81)72-53(35-26-30-42-67)62(83)74-54(64(85)86)36-27-31-43-68/h49-55,76H,3-48,65-69H2,1-2H3,(H,70,77)(H,71,82)(H,72,81)(H,73,84)(H,74,83)(H,75,80)(H,85,86)/t49-,50+,51+,52+,53+,54+,55+/m1/s1. The third-order valence-electron chi connectivity index (χ3n) is 15.4. The fourth-order valence-electron chi connectivity index (χ4n) is 9.84. The maximum atomic E-state index is 14.1. The molecular formula is C64H123N11O13S. The zero-order chi connectivity index (χ0) is 66.1. The number of hydrogen-bond donors (Lipinski definition) is 13. The minimum Gasteiger partial charge on any atom is -0.480 e. The second kappa shape index (κ2) is 58.4. The number of rotatable bonds is 62. The Hall–Kier alpha value is -4.66. The van der Waals surface area contributed by atoms with Crippen LogP contribution in [0.4, 0.5) is 0 Å². The number of aliphatic carboxylic acids is 1. The van der Waals surface area contributed by atoms with Crippen molar-refractivity contribution in [3.8, 4) is 0 Å². The summed E-state index contributed by atoms with van der Waals surface area (Å²) in [6.45, 7) is 5.16. The Balaban J connectivity index is 5.82. The van der Waals surface area contributed by atoms with Gasteiger partial charge < -0.3 is 80.3 Å². The number of ether oxygens (including phenoxy) is 2. The summed E-state index contributed by atoms with van der Waals surface area (Å²) < 4.78 is 11.4. The van der Waals surface area contributed by atoms with Crippen LogP contribution in [-0.4, -0.2) is 163 Å². The van der Waals surface area contributed by atoms with E-state index in [1.54, 1.807) is 0 Å². The molecule has 0 radical (unpaired) electrons. The number of aliphatic hydroxyl groups excluding tert-OH is 1. The van der Waals surface area contributed by atoms with Crippen molar-refractivity contribution >= 4 is 65.1 Å². The normalized spacial score (nSPS) is 13.6. The van der Waals surface area contributed by atoms with Crippen molar-refractivity contribution in [3.63, 3.8) is 0 Å². The first-order chi connectivity index (χ1) is 43.0. The van der Waals surface area contributed by atoms with Gasteiger partial charge in [0, 0.05) is 37.3 Å². The van der Waals surface area contributed by atoms with E-state index in [4.69, 9.17) is 38.1 Å². The largest absolute Gasteiger partial charge is 0.480 e. The molecule has 0 heterocycles. The molecule has 0 aromatic rings. The van der Waals surface area contributed by atoms with Gasteiger partial charge >= 0.3 is 17.9 Å². The van der Waals surface area contributed by atoms with Gasteiger partial charge in [-0.2, -0.15) is 11.8 Å². The number of carbonyl (C=O) groups excluding carboxylic acids is 8. The van der Waals surface area contributed by atoms with Gasteiger partial charge in [0.2, 0.25) is 35.4 Å².